The van der Waals surface area contributed by atoms with Crippen molar-refractivity contribution in [2.24, 2.45) is 16.7 Å². The van der Waals surface area contributed by atoms with E-state index in [9.17, 15) is 4.79 Å². The van der Waals surface area contributed by atoms with E-state index in [0.29, 0.717) is 24.3 Å². The molecule has 8 heteroatoms. The summed E-state index contributed by atoms with van der Waals surface area (Å²) in [5, 5.41) is 5.40. The number of carbonyl (C=O) groups excluding carboxylic acids is 1. The van der Waals surface area contributed by atoms with E-state index in [0.717, 1.165) is 5.56 Å². The third-order valence-corrected chi connectivity index (χ3v) is 3.47. The summed E-state index contributed by atoms with van der Waals surface area (Å²) in [6.45, 7) is 2.82. The third kappa shape index (κ3) is 3.16. The second kappa shape index (κ2) is 5.88. The Labute approximate surface area is 123 Å². The van der Waals surface area contributed by atoms with E-state index in [2.05, 4.69) is 9.84 Å². The summed E-state index contributed by atoms with van der Waals surface area (Å²) in [7, 11) is 1.34. The highest BCUT2D eigenvalue weighted by Gasteiger charge is 2.34. The Morgan fingerprint density at radius 2 is 2.14 bits per heavy atom. The maximum absolute atomic E-state index is 11.2. The lowest BCUT2D eigenvalue weighted by molar-refractivity contribution is 0.0301. The van der Waals surface area contributed by atoms with Crippen LogP contribution in [0.3, 0.4) is 0 Å². The number of hydrogen-bond acceptors (Lipinski definition) is 6. The molecule has 0 atom stereocenters. The molecule has 1 amide bonds. The number of amides is 1. The van der Waals surface area contributed by atoms with Gasteiger partial charge in [0.05, 0.1) is 13.2 Å². The fraction of sp³-hybridized carbons (Fsp3) is 0.385. The Kier molecular flexibility index (Phi) is 4.18. The molecule has 8 nitrogen and oxygen atoms in total. The molecule has 0 spiro atoms. The van der Waals surface area contributed by atoms with Crippen molar-refractivity contribution in [3.05, 3.63) is 29.3 Å². The second-order valence-electron chi connectivity index (χ2n) is 4.97. The fourth-order valence-corrected chi connectivity index (χ4v) is 1.96. The van der Waals surface area contributed by atoms with Crippen molar-refractivity contribution in [3.8, 4) is 0 Å². The van der Waals surface area contributed by atoms with Gasteiger partial charge >= 0.3 is 6.09 Å². The molecule has 114 valence electrons. The molecule has 21 heavy (non-hydrogen) atoms. The van der Waals surface area contributed by atoms with Gasteiger partial charge in [-0.15, -0.1) is 5.10 Å². The van der Waals surface area contributed by atoms with Crippen LogP contribution < -0.4 is 17.3 Å². The number of carbonyl (C=O) groups is 1. The molecule has 1 aromatic rings. The summed E-state index contributed by atoms with van der Waals surface area (Å²) >= 11 is 0. The van der Waals surface area contributed by atoms with Crippen LogP contribution in [-0.2, 0) is 4.74 Å². The number of benzene rings is 1. The first-order chi connectivity index (χ1) is 9.92. The molecule has 1 aliphatic heterocycles. The van der Waals surface area contributed by atoms with Crippen LogP contribution in [0.5, 0.6) is 0 Å². The van der Waals surface area contributed by atoms with E-state index in [-0.39, 0.29) is 18.0 Å². The molecular weight excluding hydrogens is 272 g/mol. The normalized spacial score (nSPS) is 15.6. The number of methoxy groups -OCH3 is 1. The molecule has 6 N–H and O–H groups in total. The molecule has 1 aromatic carbocycles. The molecule has 0 aliphatic carbocycles. The van der Waals surface area contributed by atoms with E-state index in [4.69, 9.17) is 17.3 Å². The zero-order valence-electron chi connectivity index (χ0n) is 12.1. The first-order valence-electron chi connectivity index (χ1n) is 6.49. The van der Waals surface area contributed by atoms with Crippen molar-refractivity contribution in [3.63, 3.8) is 0 Å². The predicted octanol–water partition coefficient (Wildman–Crippen LogP) is -0.176. The Balaban J connectivity index is 1.99. The maximum Gasteiger partial charge on any atom is 0.409 e. The third-order valence-electron chi connectivity index (χ3n) is 3.47. The van der Waals surface area contributed by atoms with Gasteiger partial charge in [-0.25, -0.2) is 15.8 Å². The lowest BCUT2D eigenvalue weighted by Gasteiger charge is -2.40. The van der Waals surface area contributed by atoms with Crippen LogP contribution in [0.15, 0.2) is 23.3 Å². The van der Waals surface area contributed by atoms with E-state index in [1.165, 1.54) is 17.1 Å². The number of ether oxygens (including phenoxy) is 1. The number of likely N-dealkylation sites (tertiary alicyclic amines) is 1. The molecule has 2 rings (SSSR count). The Morgan fingerprint density at radius 3 is 2.71 bits per heavy atom. The Hall–Kier alpha value is -2.48. The lowest BCUT2D eigenvalue weighted by atomic mass is 10.1. The second-order valence-corrected chi connectivity index (χ2v) is 4.97. The fourth-order valence-electron chi connectivity index (χ4n) is 1.96. The van der Waals surface area contributed by atoms with Crippen LogP contribution in [0.2, 0.25) is 0 Å². The average molecular weight is 292 g/mol. The van der Waals surface area contributed by atoms with Crippen molar-refractivity contribution >= 4 is 17.6 Å². The summed E-state index contributed by atoms with van der Waals surface area (Å²) < 4.78 is 4.61. The quantitative estimate of drug-likeness (QED) is 0.233. The van der Waals surface area contributed by atoms with Crippen LogP contribution in [0.4, 0.5) is 10.5 Å². The van der Waals surface area contributed by atoms with E-state index in [1.807, 2.05) is 19.1 Å². The van der Waals surface area contributed by atoms with Gasteiger partial charge in [0.1, 0.15) is 0 Å². The number of amidine groups is 1. The number of nitrogens with two attached hydrogens (primary N) is 3. The van der Waals surface area contributed by atoms with Gasteiger partial charge in [-0.05, 0) is 18.6 Å². The molecular formula is C13H20N6O2. The highest BCUT2D eigenvalue weighted by atomic mass is 16.5. The smallest absolute Gasteiger partial charge is 0.409 e. The van der Waals surface area contributed by atoms with Crippen LogP contribution in [-0.4, -0.2) is 48.2 Å². The molecule has 0 radical (unpaired) electrons. The van der Waals surface area contributed by atoms with Crippen molar-refractivity contribution < 1.29 is 9.53 Å². The highest BCUT2D eigenvalue weighted by molar-refractivity contribution is 5.98. The molecule has 0 unspecified atom stereocenters. The lowest BCUT2D eigenvalue weighted by Crippen LogP contribution is -2.61. The van der Waals surface area contributed by atoms with E-state index >= 15 is 0 Å². The predicted molar refractivity (Wildman–Crippen MR) is 80.1 cm³/mol. The number of nitrogen functional groups attached to an aromatic ring is 1. The standard InChI is InChI=1S/C13H20N6O2/c1-8-3-4-9(5-11(8)14)12(15)17-19(16)10-6-18(7-10)13(20)21-2/h3-5,10H,6-7,14,16H2,1-2H3,(H2,15,17). The number of hydrazine groups is 1. The topological polar surface area (TPSA) is 123 Å². The minimum absolute atomic E-state index is 0.0783. The number of hydrazone groups is 1. The zero-order chi connectivity index (χ0) is 15.6. The van der Waals surface area contributed by atoms with Crippen molar-refractivity contribution in [1.82, 2.24) is 10.0 Å². The van der Waals surface area contributed by atoms with Crippen molar-refractivity contribution in [2.75, 3.05) is 25.9 Å². The van der Waals surface area contributed by atoms with Gasteiger partial charge in [-0.2, -0.15) is 0 Å². The van der Waals surface area contributed by atoms with Gasteiger partial charge in [0.25, 0.3) is 0 Å². The molecule has 1 fully saturated rings. The minimum Gasteiger partial charge on any atom is -0.453 e. The van der Waals surface area contributed by atoms with E-state index in [1.54, 1.807) is 6.07 Å². The summed E-state index contributed by atoms with van der Waals surface area (Å²) in [4.78, 5) is 12.8. The molecule has 1 heterocycles. The van der Waals surface area contributed by atoms with Crippen LogP contribution in [0.1, 0.15) is 11.1 Å². The zero-order valence-corrected chi connectivity index (χ0v) is 12.1. The van der Waals surface area contributed by atoms with Gasteiger partial charge in [-0.3, -0.25) is 0 Å². The average Bonchev–Trinajstić information content (AvgIpc) is 2.39. The molecule has 1 aliphatic rings. The Bertz CT molecular complexity index is 568. The number of aryl methyl sites for hydroxylation is 1. The van der Waals surface area contributed by atoms with Crippen molar-refractivity contribution in [2.45, 2.75) is 13.0 Å². The highest BCUT2D eigenvalue weighted by Crippen LogP contribution is 2.15. The number of nitrogens with zero attached hydrogens (tertiary/aromatic N) is 3. The summed E-state index contributed by atoms with van der Waals surface area (Å²) in [6.07, 6.45) is -0.372. The van der Waals surface area contributed by atoms with Crippen LogP contribution in [0, 0.1) is 6.92 Å². The van der Waals surface area contributed by atoms with Gasteiger partial charge in [0.15, 0.2) is 5.84 Å². The largest absolute Gasteiger partial charge is 0.453 e. The van der Waals surface area contributed by atoms with Gasteiger partial charge in [0, 0.05) is 24.3 Å². The molecule has 0 aromatic heterocycles. The summed E-state index contributed by atoms with van der Waals surface area (Å²) in [5.41, 5.74) is 14.1. The molecule has 0 saturated carbocycles. The van der Waals surface area contributed by atoms with Gasteiger partial charge in [0.2, 0.25) is 0 Å². The van der Waals surface area contributed by atoms with Gasteiger partial charge < -0.3 is 21.1 Å². The monoisotopic (exact) mass is 292 g/mol. The Morgan fingerprint density at radius 1 is 1.48 bits per heavy atom. The summed E-state index contributed by atoms with van der Waals surface area (Å²) in [6, 6.07) is 5.38. The maximum atomic E-state index is 11.2. The number of rotatable bonds is 3. The molecule has 0 bridgehead atoms. The van der Waals surface area contributed by atoms with Crippen LogP contribution >= 0.6 is 0 Å². The SMILES string of the molecule is COC(=O)N1CC(N(N)/N=C(\N)c2ccc(C)c(N)c2)C1. The summed E-state index contributed by atoms with van der Waals surface area (Å²) in [5.74, 6) is 6.12. The number of anilines is 1. The number of hydrogen-bond donors (Lipinski definition) is 3. The van der Waals surface area contributed by atoms with E-state index < -0.39 is 0 Å². The van der Waals surface area contributed by atoms with Crippen LogP contribution in [0.25, 0.3) is 0 Å². The first-order valence-corrected chi connectivity index (χ1v) is 6.49. The first kappa shape index (κ1) is 14.9. The minimum atomic E-state index is -0.372. The van der Waals surface area contributed by atoms with Crippen molar-refractivity contribution in [1.29, 1.82) is 0 Å². The molecule has 1 saturated heterocycles. The van der Waals surface area contributed by atoms with Gasteiger partial charge in [-0.1, -0.05) is 12.1 Å².